The average molecular weight is 488 g/mol. The molecule has 10 heteroatoms. The monoisotopic (exact) mass is 487 g/mol. The topological polar surface area (TPSA) is 108 Å². The maximum atomic E-state index is 11.2. The first-order chi connectivity index (χ1) is 15.0. The van der Waals surface area contributed by atoms with Gasteiger partial charge in [0, 0.05) is 38.3 Å². The summed E-state index contributed by atoms with van der Waals surface area (Å²) in [6.07, 6.45) is 5.68. The first-order valence-electron chi connectivity index (χ1n) is 10.4. The Balaban J connectivity index is 1.59. The molecule has 1 fully saturated rings. The van der Waals surface area contributed by atoms with Crippen LogP contribution in [0.3, 0.4) is 0 Å². The Morgan fingerprint density at radius 1 is 1.26 bits per heavy atom. The summed E-state index contributed by atoms with van der Waals surface area (Å²) in [6.45, 7) is 3.06. The number of rotatable bonds is 7. The quantitative estimate of drug-likeness (QED) is 0.469. The van der Waals surface area contributed by atoms with Gasteiger partial charge in [0.2, 0.25) is 17.8 Å². The minimum absolute atomic E-state index is 0.0942. The molecule has 3 heterocycles. The van der Waals surface area contributed by atoms with Crippen molar-refractivity contribution in [1.82, 2.24) is 19.6 Å². The van der Waals surface area contributed by atoms with Gasteiger partial charge in [0.25, 0.3) is 0 Å². The summed E-state index contributed by atoms with van der Waals surface area (Å²) in [7, 11) is 0. The molecule has 31 heavy (non-hydrogen) atoms. The van der Waals surface area contributed by atoms with Crippen LogP contribution < -0.4 is 15.5 Å². The first-order valence-corrected chi connectivity index (χ1v) is 11.2. The second-order valence-electron chi connectivity index (χ2n) is 7.66. The number of piperidine rings is 1. The zero-order chi connectivity index (χ0) is 21.8. The number of hydrogen-bond donors (Lipinski definition) is 3. The van der Waals surface area contributed by atoms with Crippen molar-refractivity contribution in [2.45, 2.75) is 45.2 Å². The second kappa shape index (κ2) is 9.61. The zero-order valence-corrected chi connectivity index (χ0v) is 19.0. The number of aliphatic hydroxyl groups excluding tert-OH is 1. The van der Waals surface area contributed by atoms with Crippen LogP contribution in [0.25, 0.3) is 5.65 Å². The maximum Gasteiger partial charge on any atom is 0.230 e. The van der Waals surface area contributed by atoms with E-state index < -0.39 is 0 Å². The van der Waals surface area contributed by atoms with E-state index in [1.54, 1.807) is 10.7 Å². The van der Waals surface area contributed by atoms with Crippen molar-refractivity contribution in [2.75, 3.05) is 28.7 Å². The normalized spacial score (nSPS) is 16.5. The molecular formula is C21H26BrN7O2. The third kappa shape index (κ3) is 4.96. The summed E-state index contributed by atoms with van der Waals surface area (Å²) in [5, 5.41) is 20.0. The average Bonchev–Trinajstić information content (AvgIpc) is 3.14. The molecule has 1 amide bonds. The van der Waals surface area contributed by atoms with E-state index in [1.807, 2.05) is 24.3 Å². The summed E-state index contributed by atoms with van der Waals surface area (Å²) in [6, 6.07) is 7.89. The van der Waals surface area contributed by atoms with Gasteiger partial charge in [-0.05, 0) is 59.3 Å². The summed E-state index contributed by atoms with van der Waals surface area (Å²) >= 11 is 3.53. The smallest absolute Gasteiger partial charge is 0.230 e. The first kappa shape index (κ1) is 21.5. The van der Waals surface area contributed by atoms with E-state index in [0.29, 0.717) is 30.5 Å². The van der Waals surface area contributed by atoms with Crippen LogP contribution >= 0.6 is 15.9 Å². The molecule has 2 aromatic heterocycles. The van der Waals surface area contributed by atoms with E-state index in [9.17, 15) is 9.90 Å². The number of halogens is 1. The lowest BCUT2D eigenvalue weighted by Gasteiger charge is -2.35. The Morgan fingerprint density at radius 2 is 2.06 bits per heavy atom. The fourth-order valence-electron chi connectivity index (χ4n) is 3.89. The van der Waals surface area contributed by atoms with Crippen molar-refractivity contribution in [3.05, 3.63) is 40.5 Å². The largest absolute Gasteiger partial charge is 0.396 e. The van der Waals surface area contributed by atoms with Gasteiger partial charge in [-0.2, -0.15) is 19.6 Å². The Kier molecular flexibility index (Phi) is 6.67. The van der Waals surface area contributed by atoms with Gasteiger partial charge in [0.1, 0.15) is 0 Å². The molecule has 1 aliphatic heterocycles. The van der Waals surface area contributed by atoms with Crippen molar-refractivity contribution in [1.29, 1.82) is 0 Å². The number of carbonyl (C=O) groups is 1. The summed E-state index contributed by atoms with van der Waals surface area (Å²) < 4.78 is 2.49. The van der Waals surface area contributed by atoms with Gasteiger partial charge in [-0.3, -0.25) is 4.79 Å². The molecule has 3 N–H and O–H groups in total. The highest BCUT2D eigenvalue weighted by Crippen LogP contribution is 2.27. The molecule has 4 rings (SSSR count). The number of amides is 1. The number of hydrogen-bond acceptors (Lipinski definition) is 7. The number of anilines is 3. The molecule has 0 aliphatic carbocycles. The van der Waals surface area contributed by atoms with Crippen molar-refractivity contribution in [3.8, 4) is 0 Å². The molecule has 0 spiro atoms. The van der Waals surface area contributed by atoms with Crippen molar-refractivity contribution < 1.29 is 9.90 Å². The molecule has 164 valence electrons. The molecule has 0 radical (unpaired) electrons. The van der Waals surface area contributed by atoms with Gasteiger partial charge < -0.3 is 20.6 Å². The Hall–Kier alpha value is -2.72. The van der Waals surface area contributed by atoms with Crippen molar-refractivity contribution in [3.63, 3.8) is 0 Å². The van der Waals surface area contributed by atoms with E-state index in [2.05, 4.69) is 36.6 Å². The predicted octanol–water partition coefficient (Wildman–Crippen LogP) is 3.20. The molecule has 0 bridgehead atoms. The van der Waals surface area contributed by atoms with E-state index in [0.717, 1.165) is 41.5 Å². The maximum absolute atomic E-state index is 11.2. The van der Waals surface area contributed by atoms with Gasteiger partial charge in [0.05, 0.1) is 10.7 Å². The van der Waals surface area contributed by atoms with Crippen LogP contribution in [0.5, 0.6) is 0 Å². The van der Waals surface area contributed by atoms with Gasteiger partial charge in [0.15, 0.2) is 5.65 Å². The van der Waals surface area contributed by atoms with Gasteiger partial charge in [-0.25, -0.2) is 0 Å². The van der Waals surface area contributed by atoms with Crippen molar-refractivity contribution >= 4 is 45.1 Å². The third-order valence-corrected chi connectivity index (χ3v) is 5.94. The molecule has 1 saturated heterocycles. The van der Waals surface area contributed by atoms with E-state index in [-0.39, 0.29) is 18.6 Å². The lowest BCUT2D eigenvalue weighted by Crippen LogP contribution is -2.41. The highest BCUT2D eigenvalue weighted by Gasteiger charge is 2.26. The van der Waals surface area contributed by atoms with Crippen LogP contribution in [0.15, 0.2) is 34.9 Å². The van der Waals surface area contributed by atoms with Crippen LogP contribution in [-0.2, 0) is 11.3 Å². The summed E-state index contributed by atoms with van der Waals surface area (Å²) in [4.78, 5) is 22.9. The molecule has 1 aliphatic rings. The lowest BCUT2D eigenvalue weighted by molar-refractivity contribution is -0.114. The molecule has 9 nitrogen and oxygen atoms in total. The molecule has 0 unspecified atom stereocenters. The zero-order valence-electron chi connectivity index (χ0n) is 17.4. The van der Waals surface area contributed by atoms with Crippen LogP contribution in [0.1, 0.15) is 38.2 Å². The molecule has 1 atom stereocenters. The Labute approximate surface area is 189 Å². The number of carbonyl (C=O) groups excluding carboxylic acids is 1. The highest BCUT2D eigenvalue weighted by atomic mass is 79.9. The van der Waals surface area contributed by atoms with Gasteiger partial charge in [-0.15, -0.1) is 0 Å². The van der Waals surface area contributed by atoms with Crippen LogP contribution in [0, 0.1) is 0 Å². The third-order valence-electron chi connectivity index (χ3n) is 5.38. The number of aliphatic hydroxyl groups is 1. The summed E-state index contributed by atoms with van der Waals surface area (Å²) in [5.41, 5.74) is 2.51. The highest BCUT2D eigenvalue weighted by molar-refractivity contribution is 9.10. The van der Waals surface area contributed by atoms with Crippen LogP contribution in [-0.4, -0.2) is 49.8 Å². The number of benzene rings is 1. The SMILES string of the molecule is CC(=O)Nc1ccc(CNc2nc(N3CCCC[C@H]3CCO)nc3c(Br)cnn23)cc1. The Morgan fingerprint density at radius 3 is 2.81 bits per heavy atom. The van der Waals surface area contributed by atoms with Crippen LogP contribution in [0.4, 0.5) is 17.6 Å². The molecule has 1 aromatic carbocycles. The van der Waals surface area contributed by atoms with E-state index in [4.69, 9.17) is 9.97 Å². The lowest BCUT2D eigenvalue weighted by atomic mass is 10.0. The molecular weight excluding hydrogens is 462 g/mol. The van der Waals surface area contributed by atoms with Gasteiger partial charge >= 0.3 is 0 Å². The molecule has 3 aromatic rings. The number of aromatic nitrogens is 4. The summed E-state index contributed by atoms with van der Waals surface area (Å²) in [5.74, 6) is 1.16. The fourth-order valence-corrected chi connectivity index (χ4v) is 4.23. The fraction of sp³-hybridized carbons (Fsp3) is 0.429. The second-order valence-corrected chi connectivity index (χ2v) is 8.52. The standard InChI is InChI=1S/C21H26BrN7O2/c1-14(31)25-16-7-5-15(6-8-16)12-23-20-27-21(26-19-18(22)13-24-29(19)20)28-10-3-2-4-17(28)9-11-30/h5-8,13,17,30H,2-4,9-12H2,1H3,(H,25,31)(H,23,26,27)/t17-/m0/s1. The Bertz CT molecular complexity index is 1050. The van der Waals surface area contributed by atoms with E-state index in [1.165, 1.54) is 6.92 Å². The van der Waals surface area contributed by atoms with Gasteiger partial charge in [-0.1, -0.05) is 12.1 Å². The van der Waals surface area contributed by atoms with Crippen molar-refractivity contribution in [2.24, 2.45) is 0 Å². The number of nitrogens with zero attached hydrogens (tertiary/aromatic N) is 5. The predicted molar refractivity (Wildman–Crippen MR) is 123 cm³/mol. The van der Waals surface area contributed by atoms with E-state index >= 15 is 0 Å². The number of nitrogens with one attached hydrogen (secondary N) is 2. The minimum atomic E-state index is -0.0942. The van der Waals surface area contributed by atoms with Crippen LogP contribution in [0.2, 0.25) is 0 Å². The molecule has 0 saturated carbocycles. The number of fused-ring (bicyclic) bond motifs is 1. The minimum Gasteiger partial charge on any atom is -0.396 e.